The molecule has 0 aromatic carbocycles. The van der Waals surface area contributed by atoms with E-state index in [-0.39, 0.29) is 4.05 Å². The number of nitrogens with zero attached hydrogens (tertiary/aromatic N) is 1. The molecule has 10 heavy (non-hydrogen) atoms. The molecule has 0 bridgehead atoms. The van der Waals surface area contributed by atoms with Crippen molar-refractivity contribution in [3.8, 4) is 0 Å². The van der Waals surface area contributed by atoms with E-state index in [4.69, 9.17) is 9.39 Å². The molecule has 0 amide bonds. The first-order chi connectivity index (χ1) is 4.63. The van der Waals surface area contributed by atoms with E-state index in [0.29, 0.717) is 13.1 Å². The van der Waals surface area contributed by atoms with Gasteiger partial charge < -0.3 is 0 Å². The Kier molecular flexibility index (Phi) is 4.04. The monoisotopic (exact) mass is 168 g/mol. The van der Waals surface area contributed by atoms with Crippen LogP contribution in [0.5, 0.6) is 0 Å². The van der Waals surface area contributed by atoms with Gasteiger partial charge in [0.15, 0.2) is 0 Å². The number of quaternary nitrogens is 1. The van der Waals surface area contributed by atoms with Crippen molar-refractivity contribution in [2.45, 2.75) is 13.8 Å². The highest BCUT2D eigenvalue weighted by molar-refractivity contribution is 7.73. The van der Waals surface area contributed by atoms with E-state index in [1.807, 2.05) is 0 Å². The van der Waals surface area contributed by atoms with E-state index in [0.717, 1.165) is 0 Å². The minimum Gasteiger partial charge on any atom is -0.258 e. The topological polar surface area (TPSA) is 46.5 Å². The first kappa shape index (κ1) is 10.0. The van der Waals surface area contributed by atoms with E-state index in [1.54, 1.807) is 13.8 Å². The number of rotatable bonds is 4. The summed E-state index contributed by atoms with van der Waals surface area (Å²) in [7, 11) is 1.43. The maximum atomic E-state index is 10.7. The number of hydrogen-bond donors (Lipinski definition) is 1. The van der Waals surface area contributed by atoms with Crippen LogP contribution in [-0.4, -0.2) is 33.0 Å². The zero-order chi connectivity index (χ0) is 8.20. The van der Waals surface area contributed by atoms with Crippen molar-refractivity contribution in [3.05, 3.63) is 0 Å². The minimum atomic E-state index is -1.95. The van der Waals surface area contributed by atoms with Gasteiger partial charge in [-0.05, 0) is 13.8 Å². The third-order valence-electron chi connectivity index (χ3n) is 1.58. The molecular formula is C5H14NO3S+. The Morgan fingerprint density at radius 2 is 1.90 bits per heavy atom. The second kappa shape index (κ2) is 4.02. The van der Waals surface area contributed by atoms with Gasteiger partial charge in [-0.15, -0.1) is 0 Å². The van der Waals surface area contributed by atoms with E-state index < -0.39 is 11.3 Å². The molecule has 0 aliphatic heterocycles. The molecule has 5 heteroatoms. The Labute approximate surface area is 63.7 Å². The Balaban J connectivity index is 4.31. The van der Waals surface area contributed by atoms with E-state index >= 15 is 0 Å². The van der Waals surface area contributed by atoms with Gasteiger partial charge in [0, 0.05) is 0 Å². The van der Waals surface area contributed by atoms with Crippen LogP contribution in [0.1, 0.15) is 13.8 Å². The van der Waals surface area contributed by atoms with Crippen molar-refractivity contribution < 1.29 is 17.7 Å². The number of hydroxylamine groups is 2. The molecular weight excluding hydrogens is 154 g/mol. The van der Waals surface area contributed by atoms with Crippen LogP contribution < -0.4 is 0 Å². The first-order valence-electron chi connectivity index (χ1n) is 3.17. The SMILES string of the molecule is CC[N+](CC)(OC)S(=O)O. The lowest BCUT2D eigenvalue weighted by Crippen LogP contribution is -2.47. The summed E-state index contributed by atoms with van der Waals surface area (Å²) in [4.78, 5) is 4.89. The van der Waals surface area contributed by atoms with Gasteiger partial charge in [0.05, 0.1) is 7.11 Å². The van der Waals surface area contributed by atoms with Crippen molar-refractivity contribution in [2.75, 3.05) is 20.2 Å². The van der Waals surface area contributed by atoms with E-state index in [2.05, 4.69) is 0 Å². The molecule has 62 valence electrons. The lowest BCUT2D eigenvalue weighted by molar-refractivity contribution is -0.998. The molecule has 1 N–H and O–H groups in total. The van der Waals surface area contributed by atoms with Gasteiger partial charge in [-0.2, -0.15) is 9.05 Å². The molecule has 0 rings (SSSR count). The third-order valence-corrected chi connectivity index (χ3v) is 2.82. The summed E-state index contributed by atoms with van der Waals surface area (Å²) in [5.74, 6) is 0. The van der Waals surface area contributed by atoms with Crippen molar-refractivity contribution in [1.82, 2.24) is 0 Å². The molecule has 0 aromatic heterocycles. The minimum absolute atomic E-state index is 0.208. The van der Waals surface area contributed by atoms with Gasteiger partial charge in [0.25, 0.3) is 0 Å². The molecule has 0 aromatic rings. The molecule has 0 spiro atoms. The molecule has 4 nitrogen and oxygen atoms in total. The van der Waals surface area contributed by atoms with Crippen molar-refractivity contribution in [3.63, 3.8) is 0 Å². The van der Waals surface area contributed by atoms with E-state index in [1.165, 1.54) is 7.11 Å². The summed E-state index contributed by atoms with van der Waals surface area (Å²) in [5, 5.41) is 0. The molecule has 0 heterocycles. The predicted molar refractivity (Wildman–Crippen MR) is 39.1 cm³/mol. The van der Waals surface area contributed by atoms with Gasteiger partial charge in [-0.3, -0.25) is 4.55 Å². The van der Waals surface area contributed by atoms with Crippen molar-refractivity contribution >= 4 is 11.3 Å². The normalized spacial score (nSPS) is 15.2. The van der Waals surface area contributed by atoms with Crippen LogP contribution in [0, 0.1) is 0 Å². The molecule has 0 saturated carbocycles. The average molecular weight is 168 g/mol. The molecule has 0 fully saturated rings. The van der Waals surface area contributed by atoms with Gasteiger partial charge in [-0.25, -0.2) is 0 Å². The van der Waals surface area contributed by atoms with Gasteiger partial charge >= 0.3 is 11.3 Å². The fraction of sp³-hybridized carbons (Fsp3) is 1.00. The quantitative estimate of drug-likeness (QED) is 0.378. The van der Waals surface area contributed by atoms with Crippen LogP contribution in [-0.2, 0) is 16.1 Å². The van der Waals surface area contributed by atoms with Crippen molar-refractivity contribution in [1.29, 1.82) is 0 Å². The summed E-state index contributed by atoms with van der Waals surface area (Å²) >= 11 is -1.95. The number of hydrogen-bond acceptors (Lipinski definition) is 2. The summed E-state index contributed by atoms with van der Waals surface area (Å²) in [5.41, 5.74) is 0. The van der Waals surface area contributed by atoms with Crippen LogP contribution in [0.15, 0.2) is 0 Å². The lowest BCUT2D eigenvalue weighted by atomic mass is 10.6. The first-order valence-corrected chi connectivity index (χ1v) is 4.23. The Hall–Kier alpha value is 0.0300. The van der Waals surface area contributed by atoms with E-state index in [9.17, 15) is 4.21 Å². The van der Waals surface area contributed by atoms with Crippen LogP contribution in [0.4, 0.5) is 0 Å². The molecule has 1 atom stereocenters. The second-order valence-corrected chi connectivity index (χ2v) is 2.99. The van der Waals surface area contributed by atoms with Gasteiger partial charge in [0.2, 0.25) is 0 Å². The fourth-order valence-electron chi connectivity index (χ4n) is 0.766. The fourth-order valence-corrected chi connectivity index (χ4v) is 1.34. The highest BCUT2D eigenvalue weighted by Gasteiger charge is 2.31. The van der Waals surface area contributed by atoms with Gasteiger partial charge in [-0.1, -0.05) is 4.05 Å². The summed E-state index contributed by atoms with van der Waals surface area (Å²) in [6.45, 7) is 4.61. The van der Waals surface area contributed by atoms with Crippen LogP contribution >= 0.6 is 0 Å². The molecule has 0 aliphatic rings. The van der Waals surface area contributed by atoms with Crippen LogP contribution in [0.25, 0.3) is 0 Å². The van der Waals surface area contributed by atoms with Crippen LogP contribution in [0.2, 0.25) is 0 Å². The van der Waals surface area contributed by atoms with Crippen molar-refractivity contribution in [2.24, 2.45) is 0 Å². The zero-order valence-electron chi connectivity index (χ0n) is 6.53. The van der Waals surface area contributed by atoms with Crippen LogP contribution in [0.3, 0.4) is 0 Å². The summed E-state index contributed by atoms with van der Waals surface area (Å²) in [6.07, 6.45) is 0. The Morgan fingerprint density at radius 1 is 1.50 bits per heavy atom. The largest absolute Gasteiger partial charge is 0.392 e. The highest BCUT2D eigenvalue weighted by atomic mass is 32.2. The zero-order valence-corrected chi connectivity index (χ0v) is 7.35. The maximum absolute atomic E-state index is 10.7. The maximum Gasteiger partial charge on any atom is 0.392 e. The summed E-state index contributed by atoms with van der Waals surface area (Å²) in [6, 6.07) is 0. The summed E-state index contributed by atoms with van der Waals surface area (Å²) < 4.78 is 19.2. The molecule has 0 aliphatic carbocycles. The predicted octanol–water partition coefficient (Wildman–Crippen LogP) is 0.541. The third kappa shape index (κ3) is 1.76. The Morgan fingerprint density at radius 3 is 1.90 bits per heavy atom. The standard InChI is InChI=1S/C5H13NO3S/c1-4-6(5-2,9-3)10(7)8/h4-5H2,1-3H3/p+1. The Bertz CT molecular complexity index is 116. The lowest BCUT2D eigenvalue weighted by Gasteiger charge is -2.25. The average Bonchev–Trinajstić information content (AvgIpc) is 1.92. The molecule has 1 unspecified atom stereocenters. The van der Waals surface area contributed by atoms with Gasteiger partial charge in [0.1, 0.15) is 13.1 Å². The smallest absolute Gasteiger partial charge is 0.258 e. The second-order valence-electron chi connectivity index (χ2n) is 1.86. The highest BCUT2D eigenvalue weighted by Crippen LogP contribution is 2.08. The molecule has 0 saturated heterocycles. The molecule has 0 radical (unpaired) electrons.